The van der Waals surface area contributed by atoms with Gasteiger partial charge in [-0.1, -0.05) is 34.6 Å². The Hall–Kier alpha value is -1.78. The number of aromatic nitrogens is 1. The van der Waals surface area contributed by atoms with Gasteiger partial charge in [-0.25, -0.2) is 0 Å². The standard InChI is InChI=1S/C13H21N3O2.2C2H6/c1-4-6-16(5-2)13-11(8-14-9-17)12(18)7-10(3)15-13;2*1-2/h7,9H,4-6,8H2,1-3H3,(H,14,17)(H,15,18);2*1-2H3. The minimum atomic E-state index is -0.0369. The van der Waals surface area contributed by atoms with E-state index in [4.69, 9.17) is 0 Å². The fourth-order valence-electron chi connectivity index (χ4n) is 1.98. The molecule has 2 N–H and O–H groups in total. The second kappa shape index (κ2) is 14.2. The van der Waals surface area contributed by atoms with Gasteiger partial charge in [0.1, 0.15) is 5.82 Å². The summed E-state index contributed by atoms with van der Waals surface area (Å²) in [6.07, 6.45) is 1.61. The first-order valence-corrected chi connectivity index (χ1v) is 8.28. The highest BCUT2D eigenvalue weighted by Gasteiger charge is 2.13. The van der Waals surface area contributed by atoms with Gasteiger partial charge in [-0.3, -0.25) is 9.59 Å². The number of carbonyl (C=O) groups excluding carboxylic acids is 1. The lowest BCUT2D eigenvalue weighted by atomic mass is 10.2. The Labute approximate surface area is 135 Å². The van der Waals surface area contributed by atoms with Crippen LogP contribution in [-0.2, 0) is 11.3 Å². The molecule has 0 bridgehead atoms. The molecule has 5 nitrogen and oxygen atoms in total. The van der Waals surface area contributed by atoms with Crippen LogP contribution in [0.5, 0.6) is 0 Å². The molecule has 1 rings (SSSR count). The average Bonchev–Trinajstić information content (AvgIpc) is 2.55. The molecule has 0 spiro atoms. The predicted molar refractivity (Wildman–Crippen MR) is 95.6 cm³/mol. The SMILES string of the molecule is CC.CC.CCCN(CC)c1[nH]c(C)cc(=O)c1CNC=O. The van der Waals surface area contributed by atoms with Crippen LogP contribution in [0.25, 0.3) is 0 Å². The van der Waals surface area contributed by atoms with Gasteiger partial charge >= 0.3 is 0 Å². The summed E-state index contributed by atoms with van der Waals surface area (Å²) in [6, 6.07) is 1.56. The highest BCUT2D eigenvalue weighted by molar-refractivity contribution is 5.51. The van der Waals surface area contributed by atoms with Gasteiger partial charge in [-0.05, 0) is 20.3 Å². The van der Waals surface area contributed by atoms with Crippen molar-refractivity contribution in [2.24, 2.45) is 0 Å². The van der Waals surface area contributed by atoms with Crippen molar-refractivity contribution < 1.29 is 4.79 Å². The van der Waals surface area contributed by atoms with Crippen LogP contribution < -0.4 is 15.6 Å². The molecule has 1 aromatic heterocycles. The summed E-state index contributed by atoms with van der Waals surface area (Å²) in [5.41, 5.74) is 1.41. The number of H-pyrrole nitrogens is 1. The molecule has 0 unspecified atom stereocenters. The first-order chi connectivity index (χ1) is 10.6. The summed E-state index contributed by atoms with van der Waals surface area (Å²) in [4.78, 5) is 27.7. The van der Waals surface area contributed by atoms with Crippen molar-refractivity contribution in [1.82, 2.24) is 10.3 Å². The smallest absolute Gasteiger partial charge is 0.207 e. The van der Waals surface area contributed by atoms with Crippen molar-refractivity contribution in [3.05, 3.63) is 27.5 Å². The molecule has 128 valence electrons. The zero-order valence-electron chi connectivity index (χ0n) is 15.2. The van der Waals surface area contributed by atoms with Gasteiger partial charge in [0.05, 0.1) is 5.56 Å². The summed E-state index contributed by atoms with van der Waals surface area (Å²) < 4.78 is 0. The van der Waals surface area contributed by atoms with E-state index >= 15 is 0 Å². The molecule has 22 heavy (non-hydrogen) atoms. The zero-order chi connectivity index (χ0) is 17.5. The molecule has 0 aliphatic carbocycles. The van der Waals surface area contributed by atoms with Crippen LogP contribution >= 0.6 is 0 Å². The first kappa shape index (κ1) is 22.5. The summed E-state index contributed by atoms with van der Waals surface area (Å²) in [7, 11) is 0. The van der Waals surface area contributed by atoms with Crippen LogP contribution in [0.4, 0.5) is 5.82 Å². The lowest BCUT2D eigenvalue weighted by Gasteiger charge is -2.25. The normalized spacial score (nSPS) is 8.86. The molecule has 0 saturated heterocycles. The third-order valence-electron chi connectivity index (χ3n) is 2.80. The van der Waals surface area contributed by atoms with Crippen molar-refractivity contribution in [2.75, 3.05) is 18.0 Å². The Morgan fingerprint density at radius 1 is 1.23 bits per heavy atom. The van der Waals surface area contributed by atoms with Crippen molar-refractivity contribution >= 4 is 12.2 Å². The van der Waals surface area contributed by atoms with Crippen molar-refractivity contribution in [3.63, 3.8) is 0 Å². The van der Waals surface area contributed by atoms with Gasteiger partial charge in [-0.2, -0.15) is 0 Å². The Morgan fingerprint density at radius 2 is 1.82 bits per heavy atom. The molecular weight excluding hydrogens is 278 g/mol. The van der Waals surface area contributed by atoms with Gasteiger partial charge in [-0.15, -0.1) is 0 Å². The van der Waals surface area contributed by atoms with Crippen molar-refractivity contribution in [1.29, 1.82) is 0 Å². The maximum absolute atomic E-state index is 12.0. The Morgan fingerprint density at radius 3 is 2.27 bits per heavy atom. The van der Waals surface area contributed by atoms with E-state index in [9.17, 15) is 9.59 Å². The molecule has 1 amide bonds. The minimum absolute atomic E-state index is 0.0369. The Bertz CT molecular complexity index is 456. The second-order valence-corrected chi connectivity index (χ2v) is 4.22. The number of anilines is 1. The van der Waals surface area contributed by atoms with Crippen LogP contribution in [0.2, 0.25) is 0 Å². The zero-order valence-corrected chi connectivity index (χ0v) is 15.2. The largest absolute Gasteiger partial charge is 0.358 e. The summed E-state index contributed by atoms with van der Waals surface area (Å²) >= 11 is 0. The van der Waals surface area contributed by atoms with Crippen LogP contribution in [0.1, 0.15) is 59.2 Å². The molecule has 0 aliphatic heterocycles. The van der Waals surface area contributed by atoms with Crippen molar-refractivity contribution in [2.45, 2.75) is 61.4 Å². The summed E-state index contributed by atoms with van der Waals surface area (Å²) in [6.45, 7) is 16.0. The number of carbonyl (C=O) groups is 1. The molecule has 0 atom stereocenters. The van der Waals surface area contributed by atoms with E-state index in [1.807, 2.05) is 41.5 Å². The lowest BCUT2D eigenvalue weighted by Crippen LogP contribution is -2.30. The third kappa shape index (κ3) is 7.29. The van der Waals surface area contributed by atoms with E-state index in [1.54, 1.807) is 6.07 Å². The van der Waals surface area contributed by atoms with E-state index in [2.05, 4.69) is 22.1 Å². The Kier molecular flexibility index (Phi) is 14.5. The van der Waals surface area contributed by atoms with Crippen LogP contribution in [0.15, 0.2) is 10.9 Å². The van der Waals surface area contributed by atoms with Gasteiger partial charge in [0.2, 0.25) is 6.41 Å². The topological polar surface area (TPSA) is 65.2 Å². The molecule has 5 heteroatoms. The monoisotopic (exact) mass is 311 g/mol. The molecule has 1 aromatic rings. The van der Waals surface area contributed by atoms with E-state index in [1.165, 1.54) is 0 Å². The molecular formula is C17H33N3O2. The number of hydrogen-bond donors (Lipinski definition) is 2. The highest BCUT2D eigenvalue weighted by Crippen LogP contribution is 2.15. The molecule has 0 radical (unpaired) electrons. The number of aromatic amines is 1. The van der Waals surface area contributed by atoms with E-state index in [0.29, 0.717) is 12.0 Å². The van der Waals surface area contributed by atoms with Crippen LogP contribution in [0, 0.1) is 6.92 Å². The van der Waals surface area contributed by atoms with E-state index in [0.717, 1.165) is 31.0 Å². The summed E-state index contributed by atoms with van der Waals surface area (Å²) in [5.74, 6) is 0.818. The molecule has 0 aliphatic rings. The lowest BCUT2D eigenvalue weighted by molar-refractivity contribution is -0.109. The fourth-order valence-corrected chi connectivity index (χ4v) is 1.98. The quantitative estimate of drug-likeness (QED) is 0.760. The average molecular weight is 311 g/mol. The van der Waals surface area contributed by atoms with Gasteiger partial charge in [0.25, 0.3) is 0 Å². The maximum atomic E-state index is 12.0. The second-order valence-electron chi connectivity index (χ2n) is 4.22. The fraction of sp³-hybridized carbons (Fsp3) is 0.647. The van der Waals surface area contributed by atoms with Crippen LogP contribution in [-0.4, -0.2) is 24.5 Å². The maximum Gasteiger partial charge on any atom is 0.207 e. The highest BCUT2D eigenvalue weighted by atomic mass is 16.1. The third-order valence-corrected chi connectivity index (χ3v) is 2.80. The molecule has 0 aromatic carbocycles. The first-order valence-electron chi connectivity index (χ1n) is 8.28. The number of nitrogens with zero attached hydrogens (tertiary/aromatic N) is 1. The molecule has 0 fully saturated rings. The van der Waals surface area contributed by atoms with Crippen molar-refractivity contribution in [3.8, 4) is 0 Å². The minimum Gasteiger partial charge on any atom is -0.358 e. The number of pyridine rings is 1. The molecule has 0 saturated carbocycles. The number of aryl methyl sites for hydroxylation is 1. The molecule has 1 heterocycles. The number of nitrogens with one attached hydrogen (secondary N) is 2. The predicted octanol–water partition coefficient (Wildman–Crippen LogP) is 3.22. The van der Waals surface area contributed by atoms with Gasteiger partial charge < -0.3 is 15.2 Å². The Balaban J connectivity index is 0. The van der Waals surface area contributed by atoms with Gasteiger partial charge in [0, 0.05) is 31.4 Å². The number of amides is 1. The number of rotatable bonds is 7. The van der Waals surface area contributed by atoms with Crippen LogP contribution in [0.3, 0.4) is 0 Å². The number of hydrogen-bond acceptors (Lipinski definition) is 3. The van der Waals surface area contributed by atoms with E-state index < -0.39 is 0 Å². The van der Waals surface area contributed by atoms with E-state index in [-0.39, 0.29) is 12.0 Å². The van der Waals surface area contributed by atoms with Gasteiger partial charge in [0.15, 0.2) is 5.43 Å². The summed E-state index contributed by atoms with van der Waals surface area (Å²) in [5, 5.41) is 2.56.